The van der Waals surface area contributed by atoms with Crippen molar-refractivity contribution >= 4 is 5.91 Å². The Kier molecular flexibility index (Phi) is 2.68. The molecule has 0 aromatic carbocycles. The zero-order chi connectivity index (χ0) is 7.40. The van der Waals surface area contributed by atoms with Crippen LogP contribution >= 0.6 is 0 Å². The Morgan fingerprint density at radius 3 is 3.10 bits per heavy atom. The van der Waals surface area contributed by atoms with E-state index in [1.54, 1.807) is 7.05 Å². The summed E-state index contributed by atoms with van der Waals surface area (Å²) in [6.07, 6.45) is 2.84. The molecule has 0 spiro atoms. The van der Waals surface area contributed by atoms with Gasteiger partial charge in [0.1, 0.15) is 0 Å². The van der Waals surface area contributed by atoms with Gasteiger partial charge in [0.25, 0.3) is 0 Å². The van der Waals surface area contributed by atoms with Crippen molar-refractivity contribution in [3.05, 3.63) is 0 Å². The first-order chi connectivity index (χ1) is 4.83. The number of amides is 1. The standard InChI is InChI=1S/C7H13NO2/c1-8-7(9)5-6-3-2-4-10-6/h6H,2-5H2,1H3,(H,8,9). The second kappa shape index (κ2) is 3.56. The second-order valence-corrected chi connectivity index (χ2v) is 2.51. The first-order valence-electron chi connectivity index (χ1n) is 3.65. The van der Waals surface area contributed by atoms with Crippen LogP contribution in [0.4, 0.5) is 0 Å². The van der Waals surface area contributed by atoms with Crippen molar-refractivity contribution in [3.63, 3.8) is 0 Å². The molecule has 0 radical (unpaired) electrons. The van der Waals surface area contributed by atoms with E-state index < -0.39 is 0 Å². The number of nitrogens with one attached hydrogen (secondary N) is 1. The molecule has 3 heteroatoms. The van der Waals surface area contributed by atoms with Crippen LogP contribution in [0.5, 0.6) is 0 Å². The van der Waals surface area contributed by atoms with Gasteiger partial charge in [-0.2, -0.15) is 0 Å². The maximum atomic E-state index is 10.8. The lowest BCUT2D eigenvalue weighted by Crippen LogP contribution is -2.23. The van der Waals surface area contributed by atoms with Gasteiger partial charge in [-0.25, -0.2) is 0 Å². The Morgan fingerprint density at radius 1 is 1.80 bits per heavy atom. The number of carbonyl (C=O) groups excluding carboxylic acids is 1. The van der Waals surface area contributed by atoms with E-state index in [4.69, 9.17) is 4.74 Å². The van der Waals surface area contributed by atoms with Crippen LogP contribution in [0.25, 0.3) is 0 Å². The molecule has 1 saturated heterocycles. The zero-order valence-electron chi connectivity index (χ0n) is 6.22. The normalized spacial score (nSPS) is 24.7. The molecule has 1 atom stereocenters. The Hall–Kier alpha value is -0.570. The average Bonchev–Trinajstić information content (AvgIpc) is 2.40. The highest BCUT2D eigenvalue weighted by molar-refractivity contribution is 5.76. The lowest BCUT2D eigenvalue weighted by molar-refractivity contribution is -0.122. The molecule has 1 aliphatic heterocycles. The van der Waals surface area contributed by atoms with Gasteiger partial charge in [0, 0.05) is 13.7 Å². The lowest BCUT2D eigenvalue weighted by Gasteiger charge is -2.06. The topological polar surface area (TPSA) is 38.3 Å². The molecule has 10 heavy (non-hydrogen) atoms. The highest BCUT2D eigenvalue weighted by atomic mass is 16.5. The summed E-state index contributed by atoms with van der Waals surface area (Å²) in [5, 5.41) is 2.57. The quantitative estimate of drug-likeness (QED) is 0.603. The van der Waals surface area contributed by atoms with E-state index in [1.807, 2.05) is 0 Å². The summed E-state index contributed by atoms with van der Waals surface area (Å²) in [5.41, 5.74) is 0. The van der Waals surface area contributed by atoms with Gasteiger partial charge in [0.2, 0.25) is 5.91 Å². The predicted molar refractivity (Wildman–Crippen MR) is 37.7 cm³/mol. The van der Waals surface area contributed by atoms with E-state index in [0.717, 1.165) is 19.4 Å². The lowest BCUT2D eigenvalue weighted by atomic mass is 10.2. The largest absolute Gasteiger partial charge is 0.378 e. The molecule has 0 aromatic heterocycles. The van der Waals surface area contributed by atoms with Gasteiger partial charge in [-0.05, 0) is 12.8 Å². The van der Waals surface area contributed by atoms with E-state index in [9.17, 15) is 4.79 Å². The monoisotopic (exact) mass is 143 g/mol. The summed E-state index contributed by atoms with van der Waals surface area (Å²) in [7, 11) is 1.65. The third-order valence-electron chi connectivity index (χ3n) is 1.72. The van der Waals surface area contributed by atoms with Crippen molar-refractivity contribution in [2.45, 2.75) is 25.4 Å². The average molecular weight is 143 g/mol. The van der Waals surface area contributed by atoms with Gasteiger partial charge >= 0.3 is 0 Å². The van der Waals surface area contributed by atoms with E-state index >= 15 is 0 Å². The maximum Gasteiger partial charge on any atom is 0.222 e. The van der Waals surface area contributed by atoms with Crippen molar-refractivity contribution in [2.75, 3.05) is 13.7 Å². The summed E-state index contributed by atoms with van der Waals surface area (Å²) in [4.78, 5) is 10.8. The maximum absolute atomic E-state index is 10.8. The minimum absolute atomic E-state index is 0.0758. The molecule has 0 saturated carbocycles. The molecule has 0 bridgehead atoms. The zero-order valence-corrected chi connectivity index (χ0v) is 6.22. The molecule has 1 rings (SSSR count). The van der Waals surface area contributed by atoms with Gasteiger partial charge in [0.15, 0.2) is 0 Å². The third-order valence-corrected chi connectivity index (χ3v) is 1.72. The smallest absolute Gasteiger partial charge is 0.222 e. The van der Waals surface area contributed by atoms with Gasteiger partial charge in [-0.3, -0.25) is 4.79 Å². The van der Waals surface area contributed by atoms with Crippen LogP contribution in [-0.4, -0.2) is 25.7 Å². The molecular weight excluding hydrogens is 130 g/mol. The van der Waals surface area contributed by atoms with E-state index in [0.29, 0.717) is 6.42 Å². The van der Waals surface area contributed by atoms with Crippen molar-refractivity contribution < 1.29 is 9.53 Å². The van der Waals surface area contributed by atoms with Crippen LogP contribution in [0.15, 0.2) is 0 Å². The second-order valence-electron chi connectivity index (χ2n) is 2.51. The van der Waals surface area contributed by atoms with Crippen LogP contribution in [-0.2, 0) is 9.53 Å². The van der Waals surface area contributed by atoms with E-state index in [1.165, 1.54) is 0 Å². The fourth-order valence-corrected chi connectivity index (χ4v) is 1.11. The molecular formula is C7H13NO2. The van der Waals surface area contributed by atoms with Gasteiger partial charge in [-0.15, -0.1) is 0 Å². The third kappa shape index (κ3) is 1.99. The van der Waals surface area contributed by atoms with Crippen LogP contribution in [0.1, 0.15) is 19.3 Å². The van der Waals surface area contributed by atoms with Crippen molar-refractivity contribution in [1.29, 1.82) is 0 Å². The van der Waals surface area contributed by atoms with Crippen LogP contribution in [0, 0.1) is 0 Å². The summed E-state index contributed by atoms with van der Waals surface area (Å²) in [6, 6.07) is 0. The van der Waals surface area contributed by atoms with E-state index in [-0.39, 0.29) is 12.0 Å². The van der Waals surface area contributed by atoms with Crippen LogP contribution < -0.4 is 5.32 Å². The fraction of sp³-hybridized carbons (Fsp3) is 0.857. The Labute approximate surface area is 60.7 Å². The van der Waals surface area contributed by atoms with Crippen molar-refractivity contribution in [2.24, 2.45) is 0 Å². The molecule has 1 heterocycles. The Bertz CT molecular complexity index is 119. The molecule has 0 aromatic rings. The van der Waals surface area contributed by atoms with Crippen LogP contribution in [0.3, 0.4) is 0 Å². The Balaban J connectivity index is 2.17. The van der Waals surface area contributed by atoms with Crippen molar-refractivity contribution in [1.82, 2.24) is 5.32 Å². The number of rotatable bonds is 2. The molecule has 0 aliphatic carbocycles. The van der Waals surface area contributed by atoms with Crippen molar-refractivity contribution in [3.8, 4) is 0 Å². The number of hydrogen-bond acceptors (Lipinski definition) is 2. The number of ether oxygens (including phenoxy) is 1. The molecule has 1 fully saturated rings. The minimum atomic E-state index is 0.0758. The Morgan fingerprint density at radius 2 is 2.60 bits per heavy atom. The molecule has 1 N–H and O–H groups in total. The van der Waals surface area contributed by atoms with Crippen LogP contribution in [0.2, 0.25) is 0 Å². The summed E-state index contributed by atoms with van der Waals surface area (Å²) < 4.78 is 5.26. The SMILES string of the molecule is CNC(=O)CC1CCCO1. The molecule has 1 aliphatic rings. The summed E-state index contributed by atoms with van der Waals surface area (Å²) >= 11 is 0. The molecule has 1 amide bonds. The first kappa shape index (κ1) is 7.54. The molecule has 58 valence electrons. The number of carbonyl (C=O) groups is 1. The first-order valence-corrected chi connectivity index (χ1v) is 3.65. The molecule has 3 nitrogen and oxygen atoms in total. The van der Waals surface area contributed by atoms with Gasteiger partial charge in [-0.1, -0.05) is 0 Å². The molecule has 1 unspecified atom stereocenters. The fourth-order valence-electron chi connectivity index (χ4n) is 1.11. The van der Waals surface area contributed by atoms with Gasteiger partial charge < -0.3 is 10.1 Å². The highest BCUT2D eigenvalue weighted by Gasteiger charge is 2.17. The summed E-state index contributed by atoms with van der Waals surface area (Å²) in [6.45, 7) is 0.821. The van der Waals surface area contributed by atoms with E-state index in [2.05, 4.69) is 5.32 Å². The number of hydrogen-bond donors (Lipinski definition) is 1. The highest BCUT2D eigenvalue weighted by Crippen LogP contribution is 2.14. The minimum Gasteiger partial charge on any atom is -0.378 e. The van der Waals surface area contributed by atoms with Gasteiger partial charge in [0.05, 0.1) is 12.5 Å². The predicted octanol–water partition coefficient (Wildman–Crippen LogP) is 0.301. The summed E-state index contributed by atoms with van der Waals surface area (Å²) in [5.74, 6) is 0.0758.